The smallest absolute Gasteiger partial charge is 0.153 e. The molecule has 0 bridgehead atoms. The van der Waals surface area contributed by atoms with E-state index in [9.17, 15) is 4.79 Å². The number of benzene rings is 1. The Balaban J connectivity index is 1.59. The number of rotatable bonds is 8. The van der Waals surface area contributed by atoms with E-state index in [0.29, 0.717) is 17.9 Å². The Kier molecular flexibility index (Phi) is 6.70. The molecule has 0 saturated carbocycles. The van der Waals surface area contributed by atoms with Crippen LogP contribution in [0.5, 0.6) is 5.75 Å². The summed E-state index contributed by atoms with van der Waals surface area (Å²) in [5, 5.41) is 0. The minimum atomic E-state index is 0.641. The van der Waals surface area contributed by atoms with Gasteiger partial charge in [-0.15, -0.1) is 0 Å². The van der Waals surface area contributed by atoms with Crippen molar-refractivity contribution in [2.24, 2.45) is 0 Å². The van der Waals surface area contributed by atoms with Crippen molar-refractivity contribution >= 4 is 6.29 Å². The number of hydrogen-bond donors (Lipinski definition) is 2. The van der Waals surface area contributed by atoms with Gasteiger partial charge in [0.1, 0.15) is 31.9 Å². The third-order valence-corrected chi connectivity index (χ3v) is 4.39. The highest BCUT2D eigenvalue weighted by Crippen LogP contribution is 2.15. The van der Waals surface area contributed by atoms with Crippen molar-refractivity contribution in [1.29, 1.82) is 0 Å². The molecule has 21 heavy (non-hydrogen) atoms. The lowest BCUT2D eigenvalue weighted by molar-refractivity contribution is -1.01. The summed E-state index contributed by atoms with van der Waals surface area (Å²) in [7, 11) is 0. The molecule has 1 aromatic rings. The predicted molar refractivity (Wildman–Crippen MR) is 83.4 cm³/mol. The van der Waals surface area contributed by atoms with Crippen LogP contribution in [0, 0.1) is 0 Å². The highest BCUT2D eigenvalue weighted by atomic mass is 16.5. The second kappa shape index (κ2) is 8.80. The molecule has 2 rings (SSSR count). The Morgan fingerprint density at radius 1 is 1.10 bits per heavy atom. The quantitative estimate of drug-likeness (QED) is 0.499. The fourth-order valence-corrected chi connectivity index (χ4v) is 2.93. The van der Waals surface area contributed by atoms with Gasteiger partial charge in [0.05, 0.1) is 25.3 Å². The lowest BCUT2D eigenvalue weighted by atomic mass is 10.2. The number of carbonyl (C=O) groups excluding carboxylic acids is 1. The molecule has 1 fully saturated rings. The summed E-state index contributed by atoms with van der Waals surface area (Å²) in [4.78, 5) is 14.4. The minimum Gasteiger partial charge on any atom is -0.493 e. The van der Waals surface area contributed by atoms with Crippen LogP contribution in [0.4, 0.5) is 0 Å². The third kappa shape index (κ3) is 5.14. The second-order valence-corrected chi connectivity index (χ2v) is 5.81. The van der Waals surface area contributed by atoms with Crippen molar-refractivity contribution in [1.82, 2.24) is 0 Å². The fraction of sp³-hybridized carbons (Fsp3) is 0.588. The molecule has 0 unspecified atom stereocenters. The maximum Gasteiger partial charge on any atom is 0.153 e. The van der Waals surface area contributed by atoms with Crippen LogP contribution in [0.2, 0.25) is 0 Å². The SMILES string of the molecule is CC[NH+]1CC[NH+](CCCCOc2ccccc2C=O)CC1. The van der Waals surface area contributed by atoms with Crippen molar-refractivity contribution in [2.75, 3.05) is 45.9 Å². The summed E-state index contributed by atoms with van der Waals surface area (Å²) in [6.07, 6.45) is 3.11. The molecule has 2 N–H and O–H groups in total. The first-order chi connectivity index (χ1) is 10.3. The molecule has 4 nitrogen and oxygen atoms in total. The normalized spacial score (nSPS) is 22.0. The molecule has 0 atom stereocenters. The molecule has 116 valence electrons. The number of likely N-dealkylation sites (N-methyl/N-ethyl adjacent to an activating group) is 1. The maximum absolute atomic E-state index is 10.9. The Hall–Kier alpha value is -1.39. The van der Waals surface area contributed by atoms with E-state index in [1.807, 2.05) is 18.2 Å². The van der Waals surface area contributed by atoms with Crippen LogP contribution >= 0.6 is 0 Å². The molecule has 1 aliphatic heterocycles. The molecule has 1 saturated heterocycles. The summed E-state index contributed by atoms with van der Waals surface area (Å²) < 4.78 is 5.71. The molecule has 0 aromatic heterocycles. The second-order valence-electron chi connectivity index (χ2n) is 5.81. The lowest BCUT2D eigenvalue weighted by Crippen LogP contribution is -3.28. The number of quaternary nitrogens is 2. The number of para-hydroxylation sites is 1. The Morgan fingerprint density at radius 3 is 2.52 bits per heavy atom. The first kappa shape index (κ1) is 16.0. The van der Waals surface area contributed by atoms with Crippen LogP contribution in [-0.4, -0.2) is 52.2 Å². The molecule has 0 radical (unpaired) electrons. The topological polar surface area (TPSA) is 35.2 Å². The van der Waals surface area contributed by atoms with Crippen LogP contribution in [0.15, 0.2) is 24.3 Å². The summed E-state index contributed by atoms with van der Waals surface area (Å²) >= 11 is 0. The van der Waals surface area contributed by atoms with Gasteiger partial charge in [0.25, 0.3) is 0 Å². The molecule has 0 amide bonds. The number of carbonyl (C=O) groups is 1. The Morgan fingerprint density at radius 2 is 1.81 bits per heavy atom. The van der Waals surface area contributed by atoms with Gasteiger partial charge < -0.3 is 14.5 Å². The zero-order valence-corrected chi connectivity index (χ0v) is 13.1. The predicted octanol–water partition coefficient (Wildman–Crippen LogP) is -0.539. The van der Waals surface area contributed by atoms with E-state index in [-0.39, 0.29) is 0 Å². The van der Waals surface area contributed by atoms with E-state index in [1.54, 1.807) is 15.9 Å². The summed E-state index contributed by atoms with van der Waals surface area (Å²) in [5.74, 6) is 0.708. The molecular formula is C17H28N2O2+2. The van der Waals surface area contributed by atoms with Gasteiger partial charge in [-0.3, -0.25) is 4.79 Å². The number of hydrogen-bond acceptors (Lipinski definition) is 2. The fourth-order valence-electron chi connectivity index (χ4n) is 2.93. The van der Waals surface area contributed by atoms with E-state index in [4.69, 9.17) is 4.74 Å². The van der Waals surface area contributed by atoms with Gasteiger partial charge in [-0.1, -0.05) is 12.1 Å². The maximum atomic E-state index is 10.9. The molecular weight excluding hydrogens is 264 g/mol. The summed E-state index contributed by atoms with van der Waals surface area (Å²) in [6.45, 7) is 10.7. The number of ether oxygens (including phenoxy) is 1. The van der Waals surface area contributed by atoms with Gasteiger partial charge >= 0.3 is 0 Å². The highest BCUT2D eigenvalue weighted by Gasteiger charge is 2.20. The van der Waals surface area contributed by atoms with Crippen LogP contribution in [0.25, 0.3) is 0 Å². The van der Waals surface area contributed by atoms with Gasteiger partial charge in [-0.05, 0) is 31.9 Å². The highest BCUT2D eigenvalue weighted by molar-refractivity contribution is 5.79. The number of aldehydes is 1. The largest absolute Gasteiger partial charge is 0.493 e. The molecule has 0 aliphatic carbocycles. The van der Waals surface area contributed by atoms with Crippen molar-refractivity contribution in [2.45, 2.75) is 19.8 Å². The van der Waals surface area contributed by atoms with Gasteiger partial charge in [-0.25, -0.2) is 0 Å². The monoisotopic (exact) mass is 292 g/mol. The van der Waals surface area contributed by atoms with E-state index < -0.39 is 0 Å². The number of unbranched alkanes of at least 4 members (excludes halogenated alkanes) is 1. The molecule has 1 aromatic carbocycles. The van der Waals surface area contributed by atoms with Crippen molar-refractivity contribution in [3.8, 4) is 5.75 Å². The first-order valence-corrected chi connectivity index (χ1v) is 8.17. The lowest BCUT2D eigenvalue weighted by Gasteiger charge is -2.28. The molecule has 4 heteroatoms. The van der Waals surface area contributed by atoms with Gasteiger partial charge in [-0.2, -0.15) is 0 Å². The number of nitrogens with one attached hydrogen (secondary N) is 2. The molecule has 0 spiro atoms. The van der Waals surface area contributed by atoms with Crippen molar-refractivity contribution in [3.63, 3.8) is 0 Å². The molecule has 1 aliphatic rings. The van der Waals surface area contributed by atoms with Gasteiger partial charge in [0.2, 0.25) is 0 Å². The zero-order chi connectivity index (χ0) is 14.9. The van der Waals surface area contributed by atoms with E-state index >= 15 is 0 Å². The van der Waals surface area contributed by atoms with Gasteiger partial charge in [0, 0.05) is 0 Å². The van der Waals surface area contributed by atoms with Crippen LogP contribution in [-0.2, 0) is 0 Å². The summed E-state index contributed by atoms with van der Waals surface area (Å²) in [5.41, 5.74) is 0.641. The van der Waals surface area contributed by atoms with E-state index in [0.717, 1.165) is 12.7 Å². The van der Waals surface area contributed by atoms with Crippen molar-refractivity contribution in [3.05, 3.63) is 29.8 Å². The Labute approximate surface area is 127 Å². The third-order valence-electron chi connectivity index (χ3n) is 4.39. The Bertz CT molecular complexity index is 429. The molecule has 1 heterocycles. The van der Waals surface area contributed by atoms with Crippen molar-refractivity contribution < 1.29 is 19.3 Å². The summed E-state index contributed by atoms with van der Waals surface area (Å²) in [6, 6.07) is 7.42. The average Bonchev–Trinajstić information content (AvgIpc) is 2.55. The van der Waals surface area contributed by atoms with Crippen LogP contribution < -0.4 is 14.5 Å². The van der Waals surface area contributed by atoms with E-state index in [2.05, 4.69) is 6.92 Å². The first-order valence-electron chi connectivity index (χ1n) is 8.17. The van der Waals surface area contributed by atoms with Crippen LogP contribution in [0.1, 0.15) is 30.1 Å². The van der Waals surface area contributed by atoms with Gasteiger partial charge in [0.15, 0.2) is 6.29 Å². The average molecular weight is 292 g/mol. The van der Waals surface area contributed by atoms with Crippen LogP contribution in [0.3, 0.4) is 0 Å². The minimum absolute atomic E-state index is 0.641. The van der Waals surface area contributed by atoms with E-state index in [1.165, 1.54) is 45.7 Å². The zero-order valence-electron chi connectivity index (χ0n) is 13.1. The number of piperazine rings is 1. The standard InChI is InChI=1S/C17H26N2O2/c1-2-18-10-12-19(13-11-18)9-5-6-14-21-17-8-4-3-7-16(17)15-20/h3-4,7-8,15H,2,5-6,9-14H2,1H3/p+2.